The van der Waals surface area contributed by atoms with Crippen molar-refractivity contribution in [1.82, 2.24) is 0 Å². The minimum absolute atomic E-state index is 0.106. The molecule has 0 saturated carbocycles. The highest BCUT2D eigenvalue weighted by Gasteiger charge is 2.29. The van der Waals surface area contributed by atoms with E-state index in [-0.39, 0.29) is 10.8 Å². The Morgan fingerprint density at radius 2 is 0.703 bits per heavy atom. The zero-order valence-electron chi connectivity index (χ0n) is 37.0. The lowest BCUT2D eigenvalue weighted by Crippen LogP contribution is -2.15. The minimum Gasteiger partial charge on any atom is -0.454 e. The molecular formula is C60H48N2O2. The third-order valence-electron chi connectivity index (χ3n) is 13.2. The Labute approximate surface area is 372 Å². The van der Waals surface area contributed by atoms with Crippen LogP contribution in [-0.2, 0) is 10.8 Å². The predicted molar refractivity (Wildman–Crippen MR) is 271 cm³/mol. The molecule has 0 spiro atoms. The average Bonchev–Trinajstić information content (AvgIpc) is 3.89. The van der Waals surface area contributed by atoms with Crippen LogP contribution < -0.4 is 9.80 Å². The molecule has 2 heterocycles. The SMILES string of the molecule is CC(C)(C)c1cccc2c1oc1c(N(c3ccccc3)c3cc(N(c4ccccc4)c4cccc5c4oc4c(C(C)(C)C)cccc45)c4ccc5cccc6ccc3c4c65)cccc12. The number of hydrogen-bond donors (Lipinski definition) is 0. The number of para-hydroxylation sites is 6. The monoisotopic (exact) mass is 828 g/mol. The first-order valence-corrected chi connectivity index (χ1v) is 22.3. The van der Waals surface area contributed by atoms with Crippen molar-refractivity contribution >= 4 is 110 Å². The second kappa shape index (κ2) is 14.0. The van der Waals surface area contributed by atoms with Gasteiger partial charge in [-0.05, 0) is 69.5 Å². The molecule has 12 rings (SSSR count). The molecule has 64 heavy (non-hydrogen) atoms. The highest BCUT2D eigenvalue weighted by atomic mass is 16.3. The summed E-state index contributed by atoms with van der Waals surface area (Å²) in [5.41, 5.74) is 11.9. The second-order valence-electron chi connectivity index (χ2n) is 19.3. The van der Waals surface area contributed by atoms with E-state index in [1.165, 1.54) is 32.7 Å². The Kier molecular flexibility index (Phi) is 8.33. The number of fused-ring (bicyclic) bond motifs is 6. The maximum atomic E-state index is 7.15. The fourth-order valence-corrected chi connectivity index (χ4v) is 10.3. The fourth-order valence-electron chi connectivity index (χ4n) is 10.3. The van der Waals surface area contributed by atoms with E-state index in [9.17, 15) is 0 Å². The van der Waals surface area contributed by atoms with Crippen LogP contribution in [0.2, 0.25) is 0 Å². The Hall–Kier alpha value is -7.56. The molecule has 12 aromatic rings. The zero-order valence-corrected chi connectivity index (χ0v) is 37.0. The van der Waals surface area contributed by atoms with E-state index in [0.717, 1.165) is 88.8 Å². The van der Waals surface area contributed by atoms with E-state index in [1.54, 1.807) is 0 Å². The van der Waals surface area contributed by atoms with Crippen LogP contribution in [0.1, 0.15) is 52.7 Å². The molecule has 0 fully saturated rings. The minimum atomic E-state index is -0.106. The lowest BCUT2D eigenvalue weighted by atomic mass is 9.86. The maximum Gasteiger partial charge on any atom is 0.159 e. The lowest BCUT2D eigenvalue weighted by Gasteiger charge is -2.32. The molecule has 0 atom stereocenters. The van der Waals surface area contributed by atoms with E-state index >= 15 is 0 Å². The molecule has 0 aliphatic heterocycles. The van der Waals surface area contributed by atoms with Crippen LogP contribution in [0.4, 0.5) is 34.1 Å². The van der Waals surface area contributed by atoms with Crippen molar-refractivity contribution in [2.24, 2.45) is 0 Å². The molecule has 0 N–H and O–H groups in total. The second-order valence-corrected chi connectivity index (χ2v) is 19.3. The standard InChI is InChI=1S/C60H48N2O2/c1-59(2,3)47-28-14-24-41-43-26-16-30-49(57(43)63-55(41)47)61(39-20-9-7-10-21-39)51-36-52(46-35-33-38-19-13-18-37-32-34-45(51)54(46)53(37)38)62(40-22-11-8-12-23-40)50-31-17-27-44-42-25-15-29-48(60(4,5)6)56(42)64-58(44)50/h7-36H,1-6H3. The topological polar surface area (TPSA) is 32.8 Å². The van der Waals surface area contributed by atoms with E-state index in [4.69, 9.17) is 8.83 Å². The van der Waals surface area contributed by atoms with Crippen molar-refractivity contribution in [2.75, 3.05) is 9.80 Å². The van der Waals surface area contributed by atoms with Gasteiger partial charge in [0.1, 0.15) is 11.2 Å². The fraction of sp³-hybridized carbons (Fsp3) is 0.133. The molecule has 2 aromatic heterocycles. The van der Waals surface area contributed by atoms with Crippen molar-refractivity contribution in [1.29, 1.82) is 0 Å². The molecule has 4 heteroatoms. The van der Waals surface area contributed by atoms with Gasteiger partial charge in [0.05, 0.1) is 22.7 Å². The number of anilines is 6. The number of rotatable bonds is 6. The van der Waals surface area contributed by atoms with Gasteiger partial charge < -0.3 is 18.6 Å². The van der Waals surface area contributed by atoms with E-state index in [1.807, 2.05) is 0 Å². The van der Waals surface area contributed by atoms with Crippen LogP contribution in [0.3, 0.4) is 0 Å². The average molecular weight is 829 g/mol. The third-order valence-corrected chi connectivity index (χ3v) is 13.2. The number of furan rings is 2. The van der Waals surface area contributed by atoms with Crippen molar-refractivity contribution in [3.05, 3.63) is 193 Å². The Morgan fingerprint density at radius 3 is 1.12 bits per heavy atom. The maximum absolute atomic E-state index is 7.15. The first kappa shape index (κ1) is 38.1. The highest BCUT2D eigenvalue weighted by Crippen LogP contribution is 2.53. The first-order valence-electron chi connectivity index (χ1n) is 22.3. The number of hydrogen-bond acceptors (Lipinski definition) is 4. The lowest BCUT2D eigenvalue weighted by molar-refractivity contribution is 0.572. The van der Waals surface area contributed by atoms with Gasteiger partial charge in [0.15, 0.2) is 11.2 Å². The first-order chi connectivity index (χ1) is 31.0. The largest absolute Gasteiger partial charge is 0.454 e. The van der Waals surface area contributed by atoms with E-state index < -0.39 is 0 Å². The van der Waals surface area contributed by atoms with Crippen LogP contribution >= 0.6 is 0 Å². The van der Waals surface area contributed by atoms with Crippen molar-refractivity contribution in [3.63, 3.8) is 0 Å². The summed E-state index contributed by atoms with van der Waals surface area (Å²) < 4.78 is 14.3. The van der Waals surface area contributed by atoms with Gasteiger partial charge in [-0.25, -0.2) is 0 Å². The van der Waals surface area contributed by atoms with Crippen molar-refractivity contribution < 1.29 is 8.83 Å². The quantitative estimate of drug-likeness (QED) is 0.156. The Morgan fingerprint density at radius 1 is 0.312 bits per heavy atom. The number of nitrogens with zero attached hydrogens (tertiary/aromatic N) is 2. The van der Waals surface area contributed by atoms with Crippen LogP contribution in [0, 0.1) is 0 Å². The predicted octanol–water partition coefficient (Wildman–Crippen LogP) is 17.9. The molecule has 0 saturated heterocycles. The van der Waals surface area contributed by atoms with Crippen LogP contribution in [0.15, 0.2) is 191 Å². The summed E-state index contributed by atoms with van der Waals surface area (Å²) in [6, 6.07) is 66.0. The van der Waals surface area contributed by atoms with Gasteiger partial charge in [-0.2, -0.15) is 0 Å². The zero-order chi connectivity index (χ0) is 43.5. The van der Waals surface area contributed by atoms with Gasteiger partial charge in [0.2, 0.25) is 0 Å². The summed E-state index contributed by atoms with van der Waals surface area (Å²) in [4.78, 5) is 4.83. The van der Waals surface area contributed by atoms with Gasteiger partial charge in [-0.15, -0.1) is 0 Å². The molecule has 10 aromatic carbocycles. The highest BCUT2D eigenvalue weighted by molar-refractivity contribution is 6.29. The molecule has 4 nitrogen and oxygen atoms in total. The molecule has 0 radical (unpaired) electrons. The van der Waals surface area contributed by atoms with Crippen LogP contribution in [0.25, 0.3) is 76.2 Å². The molecule has 0 bridgehead atoms. The molecular weight excluding hydrogens is 781 g/mol. The summed E-state index contributed by atoms with van der Waals surface area (Å²) >= 11 is 0. The third kappa shape index (κ3) is 5.75. The summed E-state index contributed by atoms with van der Waals surface area (Å²) in [5, 5.41) is 11.6. The number of benzene rings is 10. The summed E-state index contributed by atoms with van der Waals surface area (Å²) in [7, 11) is 0. The van der Waals surface area contributed by atoms with E-state index in [2.05, 4.69) is 233 Å². The van der Waals surface area contributed by atoms with Gasteiger partial charge in [0.25, 0.3) is 0 Å². The van der Waals surface area contributed by atoms with Crippen LogP contribution in [-0.4, -0.2) is 0 Å². The Bertz CT molecular complexity index is 3510. The van der Waals surface area contributed by atoms with Gasteiger partial charge >= 0.3 is 0 Å². The van der Waals surface area contributed by atoms with Crippen LogP contribution in [0.5, 0.6) is 0 Å². The van der Waals surface area contributed by atoms with Crippen molar-refractivity contribution in [2.45, 2.75) is 52.4 Å². The summed E-state index contributed by atoms with van der Waals surface area (Å²) in [6.45, 7) is 13.5. The van der Waals surface area contributed by atoms with Gasteiger partial charge in [-0.3, -0.25) is 0 Å². The van der Waals surface area contributed by atoms with Crippen molar-refractivity contribution in [3.8, 4) is 0 Å². The summed E-state index contributed by atoms with van der Waals surface area (Å²) in [5.74, 6) is 0. The molecule has 0 unspecified atom stereocenters. The van der Waals surface area contributed by atoms with Gasteiger partial charge in [-0.1, -0.05) is 181 Å². The smallest absolute Gasteiger partial charge is 0.159 e. The van der Waals surface area contributed by atoms with E-state index in [0.29, 0.717) is 0 Å². The molecule has 0 amide bonds. The molecule has 0 aliphatic rings. The molecule has 0 aliphatic carbocycles. The Balaban J connectivity index is 1.22. The normalized spacial score (nSPS) is 12.5. The molecule has 310 valence electrons. The summed E-state index contributed by atoms with van der Waals surface area (Å²) in [6.07, 6.45) is 0. The van der Waals surface area contributed by atoms with Gasteiger partial charge in [0, 0.05) is 60.2 Å².